The number of halogens is 2. The molecule has 2 N–H and O–H groups in total. The zero-order valence-corrected chi connectivity index (χ0v) is 14.6. The quantitative estimate of drug-likeness (QED) is 0.734. The fourth-order valence-corrected chi connectivity index (χ4v) is 3.27. The summed E-state index contributed by atoms with van der Waals surface area (Å²) < 4.78 is 5.40. The Morgan fingerprint density at radius 1 is 1.00 bits per heavy atom. The Morgan fingerprint density at radius 2 is 1.72 bits per heavy atom. The number of fused-ring (bicyclic) bond motifs is 1. The van der Waals surface area contributed by atoms with Crippen LogP contribution in [0.3, 0.4) is 0 Å². The lowest BCUT2D eigenvalue weighted by Gasteiger charge is -2.28. The maximum atomic E-state index is 6.10. The number of hydrogen-bond acceptors (Lipinski definition) is 7. The zero-order valence-electron chi connectivity index (χ0n) is 13.1. The van der Waals surface area contributed by atoms with E-state index >= 15 is 0 Å². The third-order valence-electron chi connectivity index (χ3n) is 3.87. The normalized spacial score (nSPS) is 14.9. The Labute approximate surface area is 153 Å². The zero-order chi connectivity index (χ0) is 17.4. The van der Waals surface area contributed by atoms with Gasteiger partial charge in [0.2, 0.25) is 5.95 Å². The van der Waals surface area contributed by atoms with Crippen molar-refractivity contribution in [1.82, 2.24) is 19.9 Å². The molecule has 0 radical (unpaired) electrons. The van der Waals surface area contributed by atoms with Crippen molar-refractivity contribution < 1.29 is 4.74 Å². The summed E-state index contributed by atoms with van der Waals surface area (Å²) in [5, 5.41) is 1.07. The number of morpholine rings is 1. The van der Waals surface area contributed by atoms with Gasteiger partial charge in [-0.25, -0.2) is 9.97 Å². The molecule has 0 aliphatic carbocycles. The summed E-state index contributed by atoms with van der Waals surface area (Å²) in [4.78, 5) is 19.7. The van der Waals surface area contributed by atoms with Crippen molar-refractivity contribution in [3.63, 3.8) is 0 Å². The first kappa shape index (κ1) is 16.3. The highest BCUT2D eigenvalue weighted by Crippen LogP contribution is 2.29. The van der Waals surface area contributed by atoms with Crippen LogP contribution >= 0.6 is 23.2 Å². The molecule has 0 spiro atoms. The summed E-state index contributed by atoms with van der Waals surface area (Å²) >= 11 is 12.2. The van der Waals surface area contributed by atoms with Gasteiger partial charge in [-0.2, -0.15) is 9.97 Å². The molecule has 0 atom stereocenters. The topological polar surface area (TPSA) is 90.0 Å². The molecular formula is C16H14Cl2N6O. The van der Waals surface area contributed by atoms with E-state index in [-0.39, 0.29) is 5.95 Å². The minimum atomic E-state index is 0.168. The second kappa shape index (κ2) is 6.59. The number of aromatic nitrogens is 4. The van der Waals surface area contributed by atoms with Crippen molar-refractivity contribution in [1.29, 1.82) is 0 Å². The molecule has 1 saturated heterocycles. The van der Waals surface area contributed by atoms with Gasteiger partial charge in [-0.15, -0.1) is 0 Å². The molecule has 1 aliphatic rings. The summed E-state index contributed by atoms with van der Waals surface area (Å²) in [7, 11) is 0. The van der Waals surface area contributed by atoms with Crippen molar-refractivity contribution in [3.8, 4) is 11.3 Å². The first-order chi connectivity index (χ1) is 12.1. The van der Waals surface area contributed by atoms with Crippen molar-refractivity contribution in [2.24, 2.45) is 0 Å². The van der Waals surface area contributed by atoms with Crippen molar-refractivity contribution in [3.05, 3.63) is 34.4 Å². The van der Waals surface area contributed by atoms with Gasteiger partial charge in [0.1, 0.15) is 0 Å². The molecule has 1 fully saturated rings. The lowest BCUT2D eigenvalue weighted by Crippen LogP contribution is -2.37. The van der Waals surface area contributed by atoms with Gasteiger partial charge >= 0.3 is 0 Å². The van der Waals surface area contributed by atoms with Crippen LogP contribution in [-0.2, 0) is 4.74 Å². The van der Waals surface area contributed by atoms with Crippen molar-refractivity contribution in [2.45, 2.75) is 0 Å². The standard InChI is InChI=1S/C16H14Cl2N6O/c17-10-5-9(6-11(18)7-10)12-8-20-14-13(21-12)15(23-16(19)22-14)24-1-3-25-4-2-24/h5-8H,1-4H2,(H2,19,20,22,23). The highest BCUT2D eigenvalue weighted by molar-refractivity contribution is 6.35. The molecule has 1 aromatic carbocycles. The van der Waals surface area contributed by atoms with Gasteiger partial charge in [0, 0.05) is 28.7 Å². The minimum absolute atomic E-state index is 0.168. The van der Waals surface area contributed by atoms with Gasteiger partial charge in [-0.05, 0) is 18.2 Å². The number of nitrogens with zero attached hydrogens (tertiary/aromatic N) is 5. The van der Waals surface area contributed by atoms with Gasteiger partial charge in [0.15, 0.2) is 17.0 Å². The fourth-order valence-electron chi connectivity index (χ4n) is 2.75. The smallest absolute Gasteiger partial charge is 0.224 e. The number of nitrogen functional groups attached to an aromatic ring is 1. The van der Waals surface area contributed by atoms with E-state index in [0.29, 0.717) is 59.0 Å². The van der Waals surface area contributed by atoms with Gasteiger partial charge in [0.05, 0.1) is 25.1 Å². The van der Waals surface area contributed by atoms with Crippen LogP contribution in [-0.4, -0.2) is 46.2 Å². The monoisotopic (exact) mass is 376 g/mol. The van der Waals surface area contributed by atoms with E-state index in [2.05, 4.69) is 19.9 Å². The van der Waals surface area contributed by atoms with E-state index in [9.17, 15) is 0 Å². The Morgan fingerprint density at radius 3 is 2.44 bits per heavy atom. The van der Waals surface area contributed by atoms with Crippen LogP contribution in [0.1, 0.15) is 0 Å². The summed E-state index contributed by atoms with van der Waals surface area (Å²) in [6, 6.07) is 5.25. The molecule has 3 heterocycles. The van der Waals surface area contributed by atoms with Crippen molar-refractivity contribution >= 4 is 46.1 Å². The fraction of sp³-hybridized carbons (Fsp3) is 0.250. The van der Waals surface area contributed by atoms with E-state index in [0.717, 1.165) is 5.56 Å². The summed E-state index contributed by atoms with van der Waals surface area (Å²) in [6.07, 6.45) is 1.62. The number of ether oxygens (including phenoxy) is 1. The Bertz CT molecular complexity index is 925. The number of anilines is 2. The van der Waals surface area contributed by atoms with E-state index in [1.54, 1.807) is 24.4 Å². The summed E-state index contributed by atoms with van der Waals surface area (Å²) in [5.41, 5.74) is 8.29. The third-order valence-corrected chi connectivity index (χ3v) is 4.31. The maximum Gasteiger partial charge on any atom is 0.224 e. The van der Waals surface area contributed by atoms with E-state index < -0.39 is 0 Å². The van der Waals surface area contributed by atoms with Gasteiger partial charge in [-0.3, -0.25) is 0 Å². The molecule has 2 aromatic heterocycles. The largest absolute Gasteiger partial charge is 0.378 e. The SMILES string of the molecule is Nc1nc(N2CCOCC2)c2nc(-c3cc(Cl)cc(Cl)c3)cnc2n1. The van der Waals surface area contributed by atoms with Crippen LogP contribution in [0.2, 0.25) is 10.0 Å². The molecule has 128 valence electrons. The predicted octanol–water partition coefficient (Wildman–Crippen LogP) is 2.81. The molecule has 7 nitrogen and oxygen atoms in total. The predicted molar refractivity (Wildman–Crippen MR) is 98.0 cm³/mol. The highest BCUT2D eigenvalue weighted by atomic mass is 35.5. The molecule has 4 rings (SSSR count). The number of rotatable bonds is 2. The lowest BCUT2D eigenvalue weighted by atomic mass is 10.1. The van der Waals surface area contributed by atoms with E-state index in [1.165, 1.54) is 0 Å². The third kappa shape index (κ3) is 3.30. The van der Waals surface area contributed by atoms with Crippen molar-refractivity contribution in [2.75, 3.05) is 36.9 Å². The first-order valence-electron chi connectivity index (χ1n) is 7.69. The molecular weight excluding hydrogens is 363 g/mol. The molecule has 0 bridgehead atoms. The molecule has 3 aromatic rings. The molecule has 0 saturated carbocycles. The van der Waals surface area contributed by atoms with Crippen LogP contribution in [0.4, 0.5) is 11.8 Å². The molecule has 9 heteroatoms. The van der Waals surface area contributed by atoms with Crippen LogP contribution in [0.5, 0.6) is 0 Å². The average Bonchev–Trinajstić information content (AvgIpc) is 2.60. The van der Waals surface area contributed by atoms with Crippen LogP contribution < -0.4 is 10.6 Å². The molecule has 0 amide bonds. The number of benzene rings is 1. The second-order valence-electron chi connectivity index (χ2n) is 5.59. The highest BCUT2D eigenvalue weighted by Gasteiger charge is 2.19. The van der Waals surface area contributed by atoms with Crippen LogP contribution in [0.25, 0.3) is 22.4 Å². The van der Waals surface area contributed by atoms with Gasteiger partial charge < -0.3 is 15.4 Å². The Hall–Kier alpha value is -2.22. The lowest BCUT2D eigenvalue weighted by molar-refractivity contribution is 0.122. The first-order valence-corrected chi connectivity index (χ1v) is 8.45. The van der Waals surface area contributed by atoms with Gasteiger partial charge in [-0.1, -0.05) is 23.2 Å². The number of nitrogens with two attached hydrogens (primary N) is 1. The van der Waals surface area contributed by atoms with Crippen LogP contribution in [0, 0.1) is 0 Å². The second-order valence-corrected chi connectivity index (χ2v) is 6.46. The molecule has 1 aliphatic heterocycles. The summed E-state index contributed by atoms with van der Waals surface area (Å²) in [6.45, 7) is 2.67. The maximum absolute atomic E-state index is 6.10. The van der Waals surface area contributed by atoms with Crippen LogP contribution in [0.15, 0.2) is 24.4 Å². The molecule has 0 unspecified atom stereocenters. The Balaban J connectivity index is 1.87. The minimum Gasteiger partial charge on any atom is -0.378 e. The average molecular weight is 377 g/mol. The van der Waals surface area contributed by atoms with E-state index in [1.807, 2.05) is 0 Å². The van der Waals surface area contributed by atoms with E-state index in [4.69, 9.17) is 38.7 Å². The number of hydrogen-bond donors (Lipinski definition) is 1. The molecule has 25 heavy (non-hydrogen) atoms. The summed E-state index contributed by atoms with van der Waals surface area (Å²) in [5.74, 6) is 0.829. The van der Waals surface area contributed by atoms with Gasteiger partial charge in [0.25, 0.3) is 0 Å². The Kier molecular flexibility index (Phi) is 4.29.